The van der Waals surface area contributed by atoms with Crippen LogP contribution >= 0.6 is 0 Å². The van der Waals surface area contributed by atoms with Crippen molar-refractivity contribution in [1.82, 2.24) is 15.2 Å². The number of hydrogen-bond donors (Lipinski definition) is 2. The van der Waals surface area contributed by atoms with Crippen LogP contribution in [0.4, 0.5) is 5.95 Å². The van der Waals surface area contributed by atoms with Crippen molar-refractivity contribution in [2.75, 3.05) is 11.9 Å². The number of aliphatic hydroxyl groups excluding tert-OH is 1. The van der Waals surface area contributed by atoms with Crippen LogP contribution in [0.1, 0.15) is 24.2 Å². The molecule has 0 bridgehead atoms. The summed E-state index contributed by atoms with van der Waals surface area (Å²) < 4.78 is 0. The molecule has 1 aliphatic carbocycles. The van der Waals surface area contributed by atoms with Gasteiger partial charge in [0.05, 0.1) is 17.5 Å². The van der Waals surface area contributed by atoms with Gasteiger partial charge in [-0.05, 0) is 32.6 Å². The Morgan fingerprint density at radius 1 is 1.27 bits per heavy atom. The third-order valence-corrected chi connectivity index (χ3v) is 2.85. The van der Waals surface area contributed by atoms with Crippen LogP contribution < -0.4 is 5.32 Å². The molecule has 0 amide bonds. The number of hydrogen-bond acceptors (Lipinski definition) is 5. The third kappa shape index (κ3) is 2.41. The van der Waals surface area contributed by atoms with Gasteiger partial charge in [0.15, 0.2) is 0 Å². The Bertz CT molecular complexity index is 349. The van der Waals surface area contributed by atoms with Crippen LogP contribution in [0.25, 0.3) is 0 Å². The standard InChI is InChI=1S/C10H16N4O/c1-6-7(2)13-14-10(12-6)11-5-8-3-9(15)4-8/h8-9,15H,3-5H2,1-2H3,(H,11,12,14). The van der Waals surface area contributed by atoms with Crippen LogP contribution in [0.5, 0.6) is 0 Å². The zero-order chi connectivity index (χ0) is 10.8. The predicted octanol–water partition coefficient (Wildman–Crippen LogP) is 0.671. The Kier molecular flexibility index (Phi) is 2.81. The number of aliphatic hydroxyl groups is 1. The summed E-state index contributed by atoms with van der Waals surface area (Å²) in [6.45, 7) is 4.63. The van der Waals surface area contributed by atoms with E-state index in [0.29, 0.717) is 11.9 Å². The highest BCUT2D eigenvalue weighted by molar-refractivity contribution is 5.24. The minimum Gasteiger partial charge on any atom is -0.393 e. The first-order chi connectivity index (χ1) is 7.15. The molecule has 1 heterocycles. The Labute approximate surface area is 89.0 Å². The smallest absolute Gasteiger partial charge is 0.242 e. The summed E-state index contributed by atoms with van der Waals surface area (Å²) in [5.74, 6) is 1.13. The maximum absolute atomic E-state index is 9.12. The number of nitrogens with zero attached hydrogens (tertiary/aromatic N) is 3. The summed E-state index contributed by atoms with van der Waals surface area (Å²) in [6, 6.07) is 0. The molecule has 0 unspecified atom stereocenters. The van der Waals surface area contributed by atoms with Gasteiger partial charge in [-0.1, -0.05) is 0 Å². The van der Waals surface area contributed by atoms with Gasteiger partial charge in [-0.2, -0.15) is 5.10 Å². The van der Waals surface area contributed by atoms with E-state index in [1.165, 1.54) is 0 Å². The second-order valence-corrected chi connectivity index (χ2v) is 4.18. The molecule has 1 aromatic heterocycles. The predicted molar refractivity (Wildman–Crippen MR) is 56.5 cm³/mol. The molecule has 5 nitrogen and oxygen atoms in total. The molecule has 0 aromatic carbocycles. The topological polar surface area (TPSA) is 70.9 Å². The van der Waals surface area contributed by atoms with E-state index in [-0.39, 0.29) is 6.10 Å². The molecule has 2 N–H and O–H groups in total. The molecule has 0 aliphatic heterocycles. The Balaban J connectivity index is 1.86. The summed E-state index contributed by atoms with van der Waals surface area (Å²) in [7, 11) is 0. The van der Waals surface area contributed by atoms with Gasteiger partial charge in [-0.3, -0.25) is 0 Å². The number of aryl methyl sites for hydroxylation is 2. The van der Waals surface area contributed by atoms with Crippen molar-refractivity contribution in [2.45, 2.75) is 32.8 Å². The number of nitrogens with one attached hydrogen (secondary N) is 1. The molecule has 82 valence electrons. The van der Waals surface area contributed by atoms with Crippen molar-refractivity contribution in [3.63, 3.8) is 0 Å². The van der Waals surface area contributed by atoms with E-state index >= 15 is 0 Å². The Hall–Kier alpha value is -1.23. The number of rotatable bonds is 3. The van der Waals surface area contributed by atoms with Crippen molar-refractivity contribution in [1.29, 1.82) is 0 Å². The minimum atomic E-state index is -0.101. The zero-order valence-electron chi connectivity index (χ0n) is 9.06. The molecule has 0 spiro atoms. The van der Waals surface area contributed by atoms with E-state index in [0.717, 1.165) is 30.8 Å². The van der Waals surface area contributed by atoms with Crippen molar-refractivity contribution in [3.05, 3.63) is 11.4 Å². The SMILES string of the molecule is Cc1nnc(NCC2CC(O)C2)nc1C. The first-order valence-corrected chi connectivity index (χ1v) is 5.25. The van der Waals surface area contributed by atoms with Gasteiger partial charge in [-0.15, -0.1) is 5.10 Å². The van der Waals surface area contributed by atoms with E-state index in [9.17, 15) is 0 Å². The van der Waals surface area contributed by atoms with Crippen LogP contribution in [0.2, 0.25) is 0 Å². The number of aromatic nitrogens is 3. The Morgan fingerprint density at radius 3 is 2.60 bits per heavy atom. The Morgan fingerprint density at radius 2 is 2.00 bits per heavy atom. The van der Waals surface area contributed by atoms with E-state index in [4.69, 9.17) is 5.11 Å². The average Bonchev–Trinajstić information content (AvgIpc) is 2.16. The molecule has 0 atom stereocenters. The highest BCUT2D eigenvalue weighted by Crippen LogP contribution is 2.26. The van der Waals surface area contributed by atoms with Gasteiger partial charge in [0, 0.05) is 6.54 Å². The molecule has 2 rings (SSSR count). The fraction of sp³-hybridized carbons (Fsp3) is 0.700. The first kappa shape index (κ1) is 10.3. The normalized spacial score (nSPS) is 24.7. The fourth-order valence-electron chi connectivity index (χ4n) is 1.63. The third-order valence-electron chi connectivity index (χ3n) is 2.85. The van der Waals surface area contributed by atoms with Crippen LogP contribution in [-0.4, -0.2) is 32.9 Å². The quantitative estimate of drug-likeness (QED) is 0.764. The van der Waals surface area contributed by atoms with Gasteiger partial charge in [-0.25, -0.2) is 4.98 Å². The van der Waals surface area contributed by atoms with Crippen LogP contribution in [-0.2, 0) is 0 Å². The van der Waals surface area contributed by atoms with E-state index in [1.54, 1.807) is 0 Å². The molecule has 1 saturated carbocycles. The molecular weight excluding hydrogens is 192 g/mol. The van der Waals surface area contributed by atoms with E-state index < -0.39 is 0 Å². The maximum Gasteiger partial charge on any atom is 0.242 e. The molecule has 0 saturated heterocycles. The summed E-state index contributed by atoms with van der Waals surface area (Å²) >= 11 is 0. The zero-order valence-corrected chi connectivity index (χ0v) is 9.06. The molecular formula is C10H16N4O. The van der Waals surface area contributed by atoms with E-state index in [2.05, 4.69) is 20.5 Å². The summed E-state index contributed by atoms with van der Waals surface area (Å²) in [5, 5.41) is 20.2. The summed E-state index contributed by atoms with van der Waals surface area (Å²) in [6.07, 6.45) is 1.66. The molecule has 5 heteroatoms. The monoisotopic (exact) mass is 208 g/mol. The van der Waals surface area contributed by atoms with Gasteiger partial charge in [0.2, 0.25) is 5.95 Å². The van der Waals surface area contributed by atoms with Gasteiger partial charge < -0.3 is 10.4 Å². The summed E-state index contributed by atoms with van der Waals surface area (Å²) in [5.41, 5.74) is 1.76. The maximum atomic E-state index is 9.12. The van der Waals surface area contributed by atoms with Crippen molar-refractivity contribution in [3.8, 4) is 0 Å². The van der Waals surface area contributed by atoms with Crippen LogP contribution in [0.15, 0.2) is 0 Å². The lowest BCUT2D eigenvalue weighted by Gasteiger charge is -2.31. The van der Waals surface area contributed by atoms with Crippen molar-refractivity contribution in [2.24, 2.45) is 5.92 Å². The number of anilines is 1. The fourth-order valence-corrected chi connectivity index (χ4v) is 1.63. The average molecular weight is 208 g/mol. The van der Waals surface area contributed by atoms with Gasteiger partial charge in [0.25, 0.3) is 0 Å². The highest BCUT2D eigenvalue weighted by atomic mass is 16.3. The second-order valence-electron chi connectivity index (χ2n) is 4.18. The van der Waals surface area contributed by atoms with Crippen LogP contribution in [0.3, 0.4) is 0 Å². The van der Waals surface area contributed by atoms with Gasteiger partial charge >= 0.3 is 0 Å². The molecule has 15 heavy (non-hydrogen) atoms. The van der Waals surface area contributed by atoms with Crippen molar-refractivity contribution >= 4 is 5.95 Å². The molecule has 0 radical (unpaired) electrons. The molecule has 1 aromatic rings. The minimum absolute atomic E-state index is 0.101. The van der Waals surface area contributed by atoms with Gasteiger partial charge in [0.1, 0.15) is 0 Å². The first-order valence-electron chi connectivity index (χ1n) is 5.25. The summed E-state index contributed by atoms with van der Waals surface area (Å²) in [4.78, 5) is 4.27. The largest absolute Gasteiger partial charge is 0.393 e. The molecule has 1 aliphatic rings. The lowest BCUT2D eigenvalue weighted by atomic mass is 9.82. The van der Waals surface area contributed by atoms with Crippen LogP contribution in [0, 0.1) is 19.8 Å². The lowest BCUT2D eigenvalue weighted by molar-refractivity contribution is 0.0486. The second kappa shape index (κ2) is 4.10. The van der Waals surface area contributed by atoms with E-state index in [1.807, 2.05) is 13.8 Å². The molecule has 1 fully saturated rings. The van der Waals surface area contributed by atoms with Crippen molar-refractivity contribution < 1.29 is 5.11 Å². The highest BCUT2D eigenvalue weighted by Gasteiger charge is 2.26. The lowest BCUT2D eigenvalue weighted by Crippen LogP contribution is -2.33.